The zero-order chi connectivity index (χ0) is 41.2. The number of ether oxygens (including phenoxy) is 1. The molecule has 2 aromatic rings. The number of nitrogens with zero attached hydrogens (tertiary/aromatic N) is 5. The normalized spacial score (nSPS) is 26.0. The number of nitriles is 1. The number of carbonyl (C=O) groups is 4. The summed E-state index contributed by atoms with van der Waals surface area (Å²) in [5.74, 6) is -1.43. The van der Waals surface area contributed by atoms with Crippen LogP contribution in [0.1, 0.15) is 95.2 Å². The molecule has 57 heavy (non-hydrogen) atoms. The maximum Gasteiger partial charge on any atom is 0.417 e. The van der Waals surface area contributed by atoms with E-state index in [0.29, 0.717) is 25.1 Å². The monoisotopic (exact) mass is 809 g/mol. The molecule has 1 aliphatic carbocycles. The van der Waals surface area contributed by atoms with E-state index in [9.17, 15) is 37.6 Å². The third-order valence-corrected chi connectivity index (χ3v) is 12.1. The van der Waals surface area contributed by atoms with Crippen molar-refractivity contribution in [1.82, 2.24) is 20.0 Å². The van der Waals surface area contributed by atoms with Crippen molar-refractivity contribution in [3.05, 3.63) is 59.2 Å². The highest BCUT2D eigenvalue weighted by Gasteiger charge is 2.52. The van der Waals surface area contributed by atoms with E-state index in [1.165, 1.54) is 6.07 Å². The minimum Gasteiger partial charge on any atom is -0.378 e. The van der Waals surface area contributed by atoms with E-state index in [-0.39, 0.29) is 65.2 Å². The maximum atomic E-state index is 13.7. The first kappa shape index (κ1) is 42.2. The Morgan fingerprint density at radius 2 is 1.68 bits per heavy atom. The van der Waals surface area contributed by atoms with Gasteiger partial charge in [-0.15, -0.1) is 0 Å². The van der Waals surface area contributed by atoms with Crippen LogP contribution in [0, 0.1) is 11.3 Å². The predicted molar refractivity (Wildman–Crippen MR) is 211 cm³/mol. The second-order valence-corrected chi connectivity index (χ2v) is 16.5. The van der Waals surface area contributed by atoms with Gasteiger partial charge in [0.25, 0.3) is 5.91 Å². The second kappa shape index (κ2) is 17.2. The highest BCUT2D eigenvalue weighted by molar-refractivity contribution is 7.80. The molecule has 0 aromatic heterocycles. The first-order valence-electron chi connectivity index (χ1n) is 19.6. The third kappa shape index (κ3) is 9.33. The van der Waals surface area contributed by atoms with Gasteiger partial charge in [0.2, 0.25) is 17.7 Å². The molecule has 0 bridgehead atoms. The number of anilines is 2. The average molecular weight is 810 g/mol. The van der Waals surface area contributed by atoms with E-state index >= 15 is 0 Å². The van der Waals surface area contributed by atoms with Gasteiger partial charge in [-0.25, -0.2) is 0 Å². The highest BCUT2D eigenvalue weighted by Crippen LogP contribution is 2.41. The number of amides is 4. The Morgan fingerprint density at radius 1 is 1.02 bits per heavy atom. The van der Waals surface area contributed by atoms with Crippen molar-refractivity contribution in [2.75, 3.05) is 43.0 Å². The van der Waals surface area contributed by atoms with Gasteiger partial charge in [0.15, 0.2) is 5.11 Å². The van der Waals surface area contributed by atoms with Gasteiger partial charge in [-0.3, -0.25) is 34.3 Å². The molecule has 2 N–H and O–H groups in total. The molecule has 6 rings (SSSR count). The fourth-order valence-corrected chi connectivity index (χ4v) is 9.36. The smallest absolute Gasteiger partial charge is 0.378 e. The summed E-state index contributed by atoms with van der Waals surface area (Å²) in [5, 5.41) is 14.7. The largest absolute Gasteiger partial charge is 0.417 e. The van der Waals surface area contributed by atoms with Crippen LogP contribution in [-0.4, -0.2) is 106 Å². The van der Waals surface area contributed by atoms with Crippen LogP contribution in [0.3, 0.4) is 0 Å². The van der Waals surface area contributed by atoms with Gasteiger partial charge in [-0.05, 0) is 114 Å². The summed E-state index contributed by atoms with van der Waals surface area (Å²) in [6.45, 7) is 11.1. The zero-order valence-corrected chi connectivity index (χ0v) is 33.5. The second-order valence-electron chi connectivity index (χ2n) is 16.2. The van der Waals surface area contributed by atoms with Gasteiger partial charge >= 0.3 is 6.18 Å². The lowest BCUT2D eigenvalue weighted by Crippen LogP contribution is -2.58. The van der Waals surface area contributed by atoms with Gasteiger partial charge in [-0.1, -0.05) is 12.1 Å². The van der Waals surface area contributed by atoms with E-state index < -0.39 is 28.7 Å². The van der Waals surface area contributed by atoms with Crippen molar-refractivity contribution >= 4 is 52.3 Å². The van der Waals surface area contributed by atoms with Crippen LogP contribution in [0.5, 0.6) is 0 Å². The number of benzene rings is 2. The van der Waals surface area contributed by atoms with Crippen molar-refractivity contribution in [3.63, 3.8) is 0 Å². The van der Waals surface area contributed by atoms with E-state index in [0.717, 1.165) is 74.3 Å². The van der Waals surface area contributed by atoms with Crippen LogP contribution in [-0.2, 0) is 30.1 Å². The standard InChI is InChI=1S/C41H50F3N7O5S/c1-25-22-48(23-26(2)49(25)24-36(53)46-29-9-6-27(7-10-29)33-16-17-35(52)47-37(33)54)18-5-19-56-32-14-12-30(13-15-32)51-39(57)50(38(55)40(51,3)4)31-11-8-28(21-45)34(20-31)41(42,43)44/h6-11,20,25-26,30,32-33H,5,12-19,22-24H2,1-4H3,(H,46,53)(H,47,52,54)/t25-,26+,30-,32-,33?. The van der Waals surface area contributed by atoms with Crippen LogP contribution in [0.2, 0.25) is 0 Å². The van der Waals surface area contributed by atoms with Crippen molar-refractivity contribution in [3.8, 4) is 6.07 Å². The molecule has 3 heterocycles. The molecule has 3 atom stereocenters. The first-order valence-corrected chi connectivity index (χ1v) is 20.0. The predicted octanol–water partition coefficient (Wildman–Crippen LogP) is 5.56. The van der Waals surface area contributed by atoms with E-state index in [4.69, 9.17) is 17.0 Å². The summed E-state index contributed by atoms with van der Waals surface area (Å²) < 4.78 is 47.4. The first-order chi connectivity index (χ1) is 27.0. The number of hydrogen-bond donors (Lipinski definition) is 2. The number of piperidine rings is 1. The number of thiocarbonyl (C=S) groups is 1. The lowest BCUT2D eigenvalue weighted by Gasteiger charge is -2.44. The Balaban J connectivity index is 0.918. The Labute approximate surface area is 336 Å². The molecule has 3 aliphatic heterocycles. The molecule has 4 amide bonds. The molecule has 16 heteroatoms. The van der Waals surface area contributed by atoms with Gasteiger partial charge < -0.3 is 19.9 Å². The highest BCUT2D eigenvalue weighted by atomic mass is 32.1. The number of nitrogens with one attached hydrogen (secondary N) is 2. The molecule has 3 saturated heterocycles. The van der Waals surface area contributed by atoms with Crippen LogP contribution in [0.4, 0.5) is 24.5 Å². The van der Waals surface area contributed by atoms with E-state index in [1.54, 1.807) is 32.0 Å². The summed E-state index contributed by atoms with van der Waals surface area (Å²) in [5.41, 5.74) is -1.22. The Morgan fingerprint density at radius 3 is 2.30 bits per heavy atom. The molecule has 306 valence electrons. The average Bonchev–Trinajstić information content (AvgIpc) is 3.33. The summed E-state index contributed by atoms with van der Waals surface area (Å²) in [7, 11) is 0. The van der Waals surface area contributed by atoms with Gasteiger partial charge in [0.05, 0.1) is 41.5 Å². The van der Waals surface area contributed by atoms with Crippen molar-refractivity contribution in [1.29, 1.82) is 5.26 Å². The minimum atomic E-state index is -4.76. The van der Waals surface area contributed by atoms with Crippen LogP contribution < -0.4 is 15.5 Å². The summed E-state index contributed by atoms with van der Waals surface area (Å²) >= 11 is 5.73. The van der Waals surface area contributed by atoms with Gasteiger partial charge in [0.1, 0.15) is 5.54 Å². The molecule has 1 unspecified atom stereocenters. The van der Waals surface area contributed by atoms with Crippen LogP contribution in [0.25, 0.3) is 0 Å². The van der Waals surface area contributed by atoms with Gasteiger partial charge in [0, 0.05) is 56.5 Å². The number of imide groups is 1. The number of piperazine rings is 1. The molecular weight excluding hydrogens is 760 g/mol. The number of alkyl halides is 3. The molecule has 1 saturated carbocycles. The lowest BCUT2D eigenvalue weighted by molar-refractivity contribution is -0.138. The van der Waals surface area contributed by atoms with Crippen LogP contribution in [0.15, 0.2) is 42.5 Å². The Hall–Kier alpha value is -4.43. The number of halogens is 3. The maximum absolute atomic E-state index is 13.7. The quantitative estimate of drug-likeness (QED) is 0.169. The molecule has 4 fully saturated rings. The van der Waals surface area contributed by atoms with Crippen molar-refractivity contribution in [2.45, 2.75) is 115 Å². The minimum absolute atomic E-state index is 0.00710. The SMILES string of the molecule is C[C@@H]1CN(CCCO[C@H]2CC[C@H](N3C(=S)N(c4ccc(C#N)c(C(F)(F)F)c4)C(=O)C3(C)C)CC2)C[C@H](C)N1CC(=O)Nc1ccc(C2CCC(=O)NC2=O)cc1. The van der Waals surface area contributed by atoms with E-state index in [1.807, 2.05) is 17.0 Å². The van der Waals surface area contributed by atoms with E-state index in [2.05, 4.69) is 34.3 Å². The Kier molecular flexibility index (Phi) is 12.7. The molecule has 0 spiro atoms. The molecule has 0 radical (unpaired) electrons. The molecule has 12 nitrogen and oxygen atoms in total. The number of carbonyl (C=O) groups excluding carboxylic acids is 4. The fraction of sp³-hybridized carbons (Fsp3) is 0.561. The fourth-order valence-electron chi connectivity index (χ4n) is 8.80. The van der Waals surface area contributed by atoms with Crippen LogP contribution >= 0.6 is 12.2 Å². The molecule has 4 aliphatic rings. The van der Waals surface area contributed by atoms with Crippen molar-refractivity contribution in [2.24, 2.45) is 0 Å². The van der Waals surface area contributed by atoms with Crippen molar-refractivity contribution < 1.29 is 37.1 Å². The zero-order valence-electron chi connectivity index (χ0n) is 32.7. The summed E-state index contributed by atoms with van der Waals surface area (Å²) in [4.78, 5) is 58.0. The topological polar surface area (TPSA) is 138 Å². The third-order valence-electron chi connectivity index (χ3n) is 11.7. The summed E-state index contributed by atoms with van der Waals surface area (Å²) in [6.07, 6.45) is -0.101. The van der Waals surface area contributed by atoms with Gasteiger partial charge in [-0.2, -0.15) is 18.4 Å². The number of hydrogen-bond acceptors (Lipinski definition) is 9. The number of rotatable bonds is 11. The molecule has 2 aromatic carbocycles. The summed E-state index contributed by atoms with van der Waals surface area (Å²) in [6, 6.07) is 12.3. The Bertz CT molecular complexity index is 1900. The molecular formula is C41H50F3N7O5S. The lowest BCUT2D eigenvalue weighted by atomic mass is 9.89.